The number of methoxy groups -OCH3 is 1. The lowest BCUT2D eigenvalue weighted by molar-refractivity contribution is 0.0595. The van der Waals surface area contributed by atoms with Gasteiger partial charge in [0.05, 0.1) is 18.4 Å². The number of aromatic nitrogens is 2. The largest absolute Gasteiger partial charge is 0.465 e. The van der Waals surface area contributed by atoms with E-state index in [2.05, 4.69) is 20.3 Å². The van der Waals surface area contributed by atoms with E-state index in [1.165, 1.54) is 0 Å². The number of hydrogen-bond acceptors (Lipinski definition) is 6. The number of ether oxygens (including phenoxy) is 1. The predicted molar refractivity (Wildman–Crippen MR) is 70.6 cm³/mol. The Labute approximate surface area is 125 Å². The van der Waals surface area contributed by atoms with E-state index >= 15 is 0 Å². The summed E-state index contributed by atoms with van der Waals surface area (Å²) in [5.41, 5.74) is -0.905. The maximum absolute atomic E-state index is 13.6. The molecule has 0 spiro atoms. The fraction of sp³-hybridized carbons (Fsp3) is 0.0909. The monoisotopic (exact) mass is 333 g/mol. The van der Waals surface area contributed by atoms with Gasteiger partial charge in [-0.2, -0.15) is 0 Å². The van der Waals surface area contributed by atoms with E-state index in [0.717, 1.165) is 24.5 Å². The van der Waals surface area contributed by atoms with Crippen LogP contribution in [0.5, 0.6) is 0 Å². The minimum absolute atomic E-state index is 0.0370. The van der Waals surface area contributed by atoms with Gasteiger partial charge in [-0.25, -0.2) is 13.6 Å². The Hall–Kier alpha value is -2.13. The number of rotatable bonds is 3. The number of anilines is 1. The Bertz CT molecular complexity index is 723. The first-order valence-corrected chi connectivity index (χ1v) is 6.49. The fourth-order valence-electron chi connectivity index (χ4n) is 1.38. The molecule has 2 rings (SSSR count). The van der Waals surface area contributed by atoms with E-state index in [0.29, 0.717) is 6.07 Å². The van der Waals surface area contributed by atoms with E-state index in [-0.39, 0.29) is 9.47 Å². The molecule has 1 N–H and O–H groups in total. The molecular weight excluding hydrogens is 328 g/mol. The summed E-state index contributed by atoms with van der Waals surface area (Å²) in [4.78, 5) is 23.1. The van der Waals surface area contributed by atoms with Gasteiger partial charge >= 0.3 is 5.97 Å². The Kier molecular flexibility index (Phi) is 4.43. The standard InChI is InChI=1S/C11H6ClF2N3O3S/c1-20-10(19)4-2-7(6(14)3-5(4)13)15-8(18)9-16-17-11(12)21-9/h2-3H,1H3,(H,15,18). The number of nitrogens with zero attached hydrogens (tertiary/aromatic N) is 2. The zero-order valence-electron chi connectivity index (χ0n) is 10.3. The van der Waals surface area contributed by atoms with E-state index in [1.807, 2.05) is 0 Å². The first-order chi connectivity index (χ1) is 9.92. The van der Waals surface area contributed by atoms with E-state index < -0.39 is 34.8 Å². The zero-order valence-corrected chi connectivity index (χ0v) is 11.9. The molecule has 1 aromatic heterocycles. The van der Waals surface area contributed by atoms with Crippen LogP contribution >= 0.6 is 22.9 Å². The smallest absolute Gasteiger partial charge is 0.340 e. The van der Waals surface area contributed by atoms with Crippen molar-refractivity contribution in [2.45, 2.75) is 0 Å². The molecule has 0 radical (unpaired) electrons. The highest BCUT2D eigenvalue weighted by Gasteiger charge is 2.19. The maximum atomic E-state index is 13.6. The quantitative estimate of drug-likeness (QED) is 0.873. The number of carbonyl (C=O) groups is 2. The molecule has 0 unspecified atom stereocenters. The lowest BCUT2D eigenvalue weighted by Gasteiger charge is -2.07. The van der Waals surface area contributed by atoms with Crippen LogP contribution in [0.15, 0.2) is 12.1 Å². The first kappa shape index (κ1) is 15.3. The SMILES string of the molecule is COC(=O)c1cc(NC(=O)c2nnc(Cl)s2)c(F)cc1F. The average Bonchev–Trinajstić information content (AvgIpc) is 2.87. The lowest BCUT2D eigenvalue weighted by atomic mass is 10.1. The molecule has 110 valence electrons. The Morgan fingerprint density at radius 1 is 1.29 bits per heavy atom. The molecule has 0 saturated carbocycles. The minimum Gasteiger partial charge on any atom is -0.465 e. The summed E-state index contributed by atoms with van der Waals surface area (Å²) >= 11 is 6.31. The first-order valence-electron chi connectivity index (χ1n) is 5.30. The van der Waals surface area contributed by atoms with Crippen LogP contribution in [0.4, 0.5) is 14.5 Å². The highest BCUT2D eigenvalue weighted by atomic mass is 35.5. The van der Waals surface area contributed by atoms with Crippen molar-refractivity contribution in [3.63, 3.8) is 0 Å². The van der Waals surface area contributed by atoms with Crippen molar-refractivity contribution in [1.82, 2.24) is 10.2 Å². The van der Waals surface area contributed by atoms with Crippen LogP contribution in [-0.2, 0) is 4.74 Å². The Balaban J connectivity index is 2.31. The highest BCUT2D eigenvalue weighted by Crippen LogP contribution is 2.22. The second-order valence-corrected chi connectivity index (χ2v) is 5.18. The summed E-state index contributed by atoms with van der Waals surface area (Å²) in [6, 6.07) is 1.30. The zero-order chi connectivity index (χ0) is 15.6. The van der Waals surface area contributed by atoms with Gasteiger partial charge in [0.25, 0.3) is 5.91 Å². The van der Waals surface area contributed by atoms with Crippen molar-refractivity contribution in [1.29, 1.82) is 0 Å². The number of nitrogens with one attached hydrogen (secondary N) is 1. The maximum Gasteiger partial charge on any atom is 0.340 e. The lowest BCUT2D eigenvalue weighted by Crippen LogP contribution is -2.14. The summed E-state index contributed by atoms with van der Waals surface area (Å²) in [7, 11) is 1.05. The number of esters is 1. The summed E-state index contributed by atoms with van der Waals surface area (Å²) in [6.45, 7) is 0. The number of amides is 1. The second kappa shape index (κ2) is 6.10. The molecule has 1 amide bonds. The topological polar surface area (TPSA) is 81.2 Å². The van der Waals surface area contributed by atoms with Crippen LogP contribution in [0.2, 0.25) is 4.47 Å². The molecule has 1 heterocycles. The molecule has 0 saturated heterocycles. The normalized spacial score (nSPS) is 10.3. The summed E-state index contributed by atoms with van der Waals surface area (Å²) in [5.74, 6) is -3.94. The van der Waals surface area contributed by atoms with Crippen LogP contribution in [0, 0.1) is 11.6 Å². The van der Waals surface area contributed by atoms with E-state index in [9.17, 15) is 18.4 Å². The molecule has 1 aromatic carbocycles. The van der Waals surface area contributed by atoms with Crippen LogP contribution in [0.1, 0.15) is 20.2 Å². The highest BCUT2D eigenvalue weighted by molar-refractivity contribution is 7.17. The Morgan fingerprint density at radius 3 is 2.57 bits per heavy atom. The van der Waals surface area contributed by atoms with E-state index in [1.54, 1.807) is 0 Å². The fourth-order valence-corrected chi connectivity index (χ4v) is 2.11. The molecule has 0 atom stereocenters. The number of halogens is 3. The van der Waals surface area contributed by atoms with Crippen LogP contribution < -0.4 is 5.32 Å². The molecule has 0 aliphatic carbocycles. The van der Waals surface area contributed by atoms with Gasteiger partial charge in [-0.1, -0.05) is 11.3 Å². The predicted octanol–water partition coefficient (Wildman–Crippen LogP) is 2.51. The third-order valence-electron chi connectivity index (χ3n) is 2.30. The van der Waals surface area contributed by atoms with Gasteiger partial charge in [0.15, 0.2) is 0 Å². The molecule has 10 heteroatoms. The molecule has 0 aliphatic rings. The van der Waals surface area contributed by atoms with Gasteiger partial charge < -0.3 is 10.1 Å². The molecular formula is C11H6ClF2N3O3S. The van der Waals surface area contributed by atoms with Crippen LogP contribution in [0.3, 0.4) is 0 Å². The summed E-state index contributed by atoms with van der Waals surface area (Å²) < 4.78 is 31.4. The molecule has 21 heavy (non-hydrogen) atoms. The van der Waals surface area contributed by atoms with Gasteiger partial charge in [-0.3, -0.25) is 4.79 Å². The van der Waals surface area contributed by atoms with Gasteiger partial charge in [-0.15, -0.1) is 10.2 Å². The van der Waals surface area contributed by atoms with Crippen LogP contribution in [0.25, 0.3) is 0 Å². The van der Waals surface area contributed by atoms with Crippen molar-refractivity contribution >= 4 is 40.5 Å². The van der Waals surface area contributed by atoms with Crippen molar-refractivity contribution in [3.05, 3.63) is 38.8 Å². The van der Waals surface area contributed by atoms with Crippen LogP contribution in [-0.4, -0.2) is 29.2 Å². The van der Waals surface area contributed by atoms with Gasteiger partial charge in [0.1, 0.15) is 11.6 Å². The molecule has 0 fully saturated rings. The number of hydrogen-bond donors (Lipinski definition) is 1. The Morgan fingerprint density at radius 2 is 2.00 bits per heavy atom. The van der Waals surface area contributed by atoms with Gasteiger partial charge in [-0.05, 0) is 17.7 Å². The summed E-state index contributed by atoms with van der Waals surface area (Å²) in [6.07, 6.45) is 0. The summed E-state index contributed by atoms with van der Waals surface area (Å²) in [5, 5.41) is 8.93. The minimum atomic E-state index is -1.10. The second-order valence-electron chi connectivity index (χ2n) is 3.62. The van der Waals surface area contributed by atoms with Crippen molar-refractivity contribution in [2.24, 2.45) is 0 Å². The van der Waals surface area contributed by atoms with E-state index in [4.69, 9.17) is 11.6 Å². The molecule has 0 aliphatic heterocycles. The number of carbonyl (C=O) groups excluding carboxylic acids is 2. The van der Waals surface area contributed by atoms with Gasteiger partial charge in [0, 0.05) is 6.07 Å². The molecule has 0 bridgehead atoms. The third kappa shape index (κ3) is 3.31. The molecule has 6 nitrogen and oxygen atoms in total. The van der Waals surface area contributed by atoms with Crippen molar-refractivity contribution in [3.8, 4) is 0 Å². The van der Waals surface area contributed by atoms with Crippen molar-refractivity contribution in [2.75, 3.05) is 12.4 Å². The van der Waals surface area contributed by atoms with Crippen molar-refractivity contribution < 1.29 is 23.1 Å². The van der Waals surface area contributed by atoms with Gasteiger partial charge in [0.2, 0.25) is 9.47 Å². The third-order valence-corrected chi connectivity index (χ3v) is 3.32. The molecule has 2 aromatic rings. The number of benzene rings is 1. The average molecular weight is 334 g/mol.